The van der Waals surface area contributed by atoms with E-state index in [4.69, 9.17) is 0 Å². The molecular weight excluding hydrogens is 380 g/mol. The molecule has 0 spiro atoms. The van der Waals surface area contributed by atoms with Gasteiger partial charge in [0.2, 0.25) is 0 Å². The molecule has 0 atom stereocenters. The van der Waals surface area contributed by atoms with Gasteiger partial charge in [0.1, 0.15) is 12.7 Å². The van der Waals surface area contributed by atoms with Crippen LogP contribution in [0.3, 0.4) is 0 Å². The topological polar surface area (TPSA) is 98.3 Å². The van der Waals surface area contributed by atoms with E-state index in [1.54, 1.807) is 13.2 Å². The molecule has 1 aliphatic heterocycles. The molecule has 0 unspecified atom stereocenters. The van der Waals surface area contributed by atoms with Crippen molar-refractivity contribution >= 4 is 15.7 Å². The van der Waals surface area contributed by atoms with Crippen LogP contribution in [0.1, 0.15) is 36.3 Å². The number of halogens is 2. The normalized spacial score (nSPS) is 17.2. The van der Waals surface area contributed by atoms with Crippen molar-refractivity contribution in [1.29, 1.82) is 0 Å². The van der Waals surface area contributed by atoms with Crippen LogP contribution in [-0.4, -0.2) is 55.2 Å². The van der Waals surface area contributed by atoms with Crippen LogP contribution in [0.25, 0.3) is 5.65 Å². The maximum absolute atomic E-state index is 13.5. The second-order valence-electron chi connectivity index (χ2n) is 6.45. The lowest BCUT2D eigenvalue weighted by molar-refractivity contribution is 0.148. The minimum absolute atomic E-state index is 0.0786. The number of rotatable bonds is 4. The molecule has 3 aromatic heterocycles. The van der Waals surface area contributed by atoms with Crippen molar-refractivity contribution in [3.8, 4) is 0 Å². The van der Waals surface area contributed by atoms with E-state index in [9.17, 15) is 17.2 Å². The van der Waals surface area contributed by atoms with E-state index in [0.29, 0.717) is 24.1 Å². The Bertz CT molecular complexity index is 1070. The Morgan fingerprint density at radius 1 is 1.26 bits per heavy atom. The van der Waals surface area contributed by atoms with Gasteiger partial charge in [-0.3, -0.25) is 0 Å². The second-order valence-corrected chi connectivity index (χ2v) is 8.28. The number of alkyl halides is 2. The Hall–Kier alpha value is -2.47. The molecule has 1 saturated heterocycles. The van der Waals surface area contributed by atoms with E-state index in [1.807, 2.05) is 0 Å². The van der Waals surface area contributed by atoms with Gasteiger partial charge < -0.3 is 4.57 Å². The second kappa shape index (κ2) is 6.60. The third kappa shape index (κ3) is 3.08. The lowest BCUT2D eigenvalue weighted by Crippen LogP contribution is -2.39. The van der Waals surface area contributed by atoms with Crippen molar-refractivity contribution in [3.05, 3.63) is 36.0 Å². The monoisotopic (exact) mass is 397 g/mol. The summed E-state index contributed by atoms with van der Waals surface area (Å²) in [6.07, 6.45) is 2.42. The van der Waals surface area contributed by atoms with Crippen LogP contribution in [0.2, 0.25) is 0 Å². The molecule has 12 heteroatoms. The average molecular weight is 397 g/mol. The SMILES string of the molecule is Cn1cnnc1S(=O)(=O)N1CCC(c2cn3ncnc3cc2C(F)F)CC1. The number of aryl methyl sites for hydroxylation is 1. The first kappa shape index (κ1) is 17.9. The van der Waals surface area contributed by atoms with Crippen LogP contribution in [0, 0.1) is 0 Å². The summed E-state index contributed by atoms with van der Waals surface area (Å²) in [4.78, 5) is 3.94. The van der Waals surface area contributed by atoms with Gasteiger partial charge in [0.25, 0.3) is 21.6 Å². The van der Waals surface area contributed by atoms with Crippen molar-refractivity contribution in [1.82, 2.24) is 33.7 Å². The first-order valence-corrected chi connectivity index (χ1v) is 9.77. The summed E-state index contributed by atoms with van der Waals surface area (Å²) in [5, 5.41) is 11.2. The van der Waals surface area contributed by atoms with Crippen LogP contribution >= 0.6 is 0 Å². The number of nitrogens with zero attached hydrogens (tertiary/aromatic N) is 7. The summed E-state index contributed by atoms with van der Waals surface area (Å²) in [5.74, 6) is -0.187. The zero-order valence-electron chi connectivity index (χ0n) is 14.4. The molecule has 1 fully saturated rings. The fourth-order valence-corrected chi connectivity index (χ4v) is 4.93. The Balaban J connectivity index is 1.59. The molecule has 9 nitrogen and oxygen atoms in total. The Kier molecular flexibility index (Phi) is 4.38. The fraction of sp³-hybridized carbons (Fsp3) is 0.467. The molecule has 144 valence electrons. The number of pyridine rings is 1. The molecule has 4 rings (SSSR count). The van der Waals surface area contributed by atoms with Crippen LogP contribution in [-0.2, 0) is 17.1 Å². The number of fused-ring (bicyclic) bond motifs is 1. The zero-order chi connectivity index (χ0) is 19.2. The third-order valence-corrected chi connectivity index (χ3v) is 6.73. The molecule has 0 aromatic carbocycles. The number of sulfonamides is 1. The first-order valence-electron chi connectivity index (χ1n) is 8.33. The molecule has 4 heterocycles. The molecule has 3 aromatic rings. The highest BCUT2D eigenvalue weighted by molar-refractivity contribution is 7.89. The van der Waals surface area contributed by atoms with Crippen molar-refractivity contribution in [2.24, 2.45) is 7.05 Å². The van der Waals surface area contributed by atoms with E-state index in [2.05, 4.69) is 20.3 Å². The highest BCUT2D eigenvalue weighted by Crippen LogP contribution is 2.36. The number of piperidine rings is 1. The van der Waals surface area contributed by atoms with E-state index in [-0.39, 0.29) is 29.7 Å². The van der Waals surface area contributed by atoms with Gasteiger partial charge in [0.15, 0.2) is 5.65 Å². The predicted molar refractivity (Wildman–Crippen MR) is 89.7 cm³/mol. The van der Waals surface area contributed by atoms with Crippen molar-refractivity contribution in [2.45, 2.75) is 30.3 Å². The summed E-state index contributed by atoms with van der Waals surface area (Å²) >= 11 is 0. The van der Waals surface area contributed by atoms with Gasteiger partial charge in [-0.1, -0.05) is 0 Å². The Morgan fingerprint density at radius 3 is 2.63 bits per heavy atom. The third-order valence-electron chi connectivity index (χ3n) is 4.85. The van der Waals surface area contributed by atoms with Crippen LogP contribution < -0.4 is 0 Å². The predicted octanol–water partition coefficient (Wildman–Crippen LogP) is 1.36. The van der Waals surface area contributed by atoms with E-state index >= 15 is 0 Å². The maximum Gasteiger partial charge on any atom is 0.278 e. The molecule has 0 saturated carbocycles. The van der Waals surface area contributed by atoms with Gasteiger partial charge >= 0.3 is 0 Å². The molecule has 0 N–H and O–H groups in total. The highest BCUT2D eigenvalue weighted by atomic mass is 32.2. The minimum atomic E-state index is -3.76. The van der Waals surface area contributed by atoms with Crippen molar-refractivity contribution < 1.29 is 17.2 Å². The fourth-order valence-electron chi connectivity index (χ4n) is 3.45. The number of hydrogen-bond acceptors (Lipinski definition) is 6. The van der Waals surface area contributed by atoms with Gasteiger partial charge in [0.05, 0.1) is 0 Å². The maximum atomic E-state index is 13.5. The lowest BCUT2D eigenvalue weighted by Gasteiger charge is -2.31. The molecular formula is C15H17F2N7O2S. The summed E-state index contributed by atoms with van der Waals surface area (Å²) in [7, 11) is -2.20. The summed E-state index contributed by atoms with van der Waals surface area (Å²) in [6.45, 7) is 0.440. The summed E-state index contributed by atoms with van der Waals surface area (Å²) in [5.41, 5.74) is 0.764. The Labute approximate surface area is 153 Å². The standard InChI is InChI=1S/C15H17F2N7O2S/c1-22-9-19-21-15(22)27(25,26)23-4-2-10(3-5-23)12-7-24-13(18-8-20-24)6-11(12)14(16)17/h6-10,14H,2-5H2,1H3. The van der Waals surface area contributed by atoms with E-state index in [1.165, 1.54) is 32.1 Å². The lowest BCUT2D eigenvalue weighted by atomic mass is 9.88. The van der Waals surface area contributed by atoms with Crippen LogP contribution in [0.15, 0.2) is 30.1 Å². The first-order chi connectivity index (χ1) is 12.9. The quantitative estimate of drug-likeness (QED) is 0.659. The molecule has 0 amide bonds. The van der Waals surface area contributed by atoms with Gasteiger partial charge in [-0.15, -0.1) is 10.2 Å². The molecule has 0 aliphatic carbocycles. The summed E-state index contributed by atoms with van der Waals surface area (Å²) in [6, 6.07) is 1.34. The van der Waals surface area contributed by atoms with Crippen molar-refractivity contribution in [2.75, 3.05) is 13.1 Å². The van der Waals surface area contributed by atoms with E-state index < -0.39 is 16.4 Å². The molecule has 1 aliphatic rings. The minimum Gasteiger partial charge on any atom is -0.306 e. The van der Waals surface area contributed by atoms with Gasteiger partial charge in [0, 0.05) is 31.9 Å². The summed E-state index contributed by atoms with van der Waals surface area (Å²) < 4.78 is 56.6. The van der Waals surface area contributed by atoms with Gasteiger partial charge in [-0.05, 0) is 30.4 Å². The largest absolute Gasteiger partial charge is 0.306 e. The van der Waals surface area contributed by atoms with Crippen LogP contribution in [0.5, 0.6) is 0 Å². The number of aromatic nitrogens is 6. The molecule has 0 bridgehead atoms. The van der Waals surface area contributed by atoms with Crippen molar-refractivity contribution in [3.63, 3.8) is 0 Å². The smallest absolute Gasteiger partial charge is 0.278 e. The zero-order valence-corrected chi connectivity index (χ0v) is 15.2. The number of hydrogen-bond donors (Lipinski definition) is 0. The Morgan fingerprint density at radius 2 is 2.00 bits per heavy atom. The van der Waals surface area contributed by atoms with Gasteiger partial charge in [-0.2, -0.15) is 9.40 Å². The van der Waals surface area contributed by atoms with Crippen LogP contribution in [0.4, 0.5) is 8.78 Å². The van der Waals surface area contributed by atoms with Gasteiger partial charge in [-0.25, -0.2) is 26.7 Å². The van der Waals surface area contributed by atoms with E-state index in [0.717, 1.165) is 0 Å². The highest BCUT2D eigenvalue weighted by Gasteiger charge is 2.34. The average Bonchev–Trinajstić information content (AvgIpc) is 3.29. The molecule has 27 heavy (non-hydrogen) atoms. The molecule has 0 radical (unpaired) electrons.